The van der Waals surface area contributed by atoms with Gasteiger partial charge in [0.1, 0.15) is 0 Å². The van der Waals surface area contributed by atoms with Crippen molar-refractivity contribution in [3.05, 3.63) is 33.4 Å². The lowest BCUT2D eigenvalue weighted by Gasteiger charge is -2.28. The molecular weight excluding hydrogens is 268 g/mol. The molecular formula is C18H27ClO. The minimum atomic E-state index is 0.0699. The first-order valence-corrected chi connectivity index (χ1v) is 8.16. The maximum atomic E-state index is 6.91. The predicted molar refractivity (Wildman–Crippen MR) is 86.9 cm³/mol. The number of benzene rings is 1. The van der Waals surface area contributed by atoms with Crippen LogP contribution in [0.15, 0.2) is 0 Å². The zero-order valence-corrected chi connectivity index (χ0v) is 14.4. The molecule has 3 atom stereocenters. The molecule has 2 rings (SSSR count). The fourth-order valence-corrected chi connectivity index (χ4v) is 4.19. The Morgan fingerprint density at radius 3 is 2.00 bits per heavy atom. The molecule has 0 aromatic heterocycles. The van der Waals surface area contributed by atoms with Crippen molar-refractivity contribution in [2.24, 2.45) is 5.92 Å². The van der Waals surface area contributed by atoms with E-state index in [1.165, 1.54) is 33.4 Å². The molecule has 1 fully saturated rings. The number of hydrogen-bond acceptors (Lipinski definition) is 1. The second-order valence-electron chi connectivity index (χ2n) is 6.21. The van der Waals surface area contributed by atoms with Gasteiger partial charge in [0.15, 0.2) is 0 Å². The van der Waals surface area contributed by atoms with Gasteiger partial charge in [-0.25, -0.2) is 0 Å². The summed E-state index contributed by atoms with van der Waals surface area (Å²) in [7, 11) is 0. The molecule has 0 amide bonds. The summed E-state index contributed by atoms with van der Waals surface area (Å²) in [6, 6.07) is 0. The van der Waals surface area contributed by atoms with E-state index in [2.05, 4.69) is 41.5 Å². The topological polar surface area (TPSA) is 9.23 Å². The highest BCUT2D eigenvalue weighted by Gasteiger charge is 2.35. The third-order valence-corrected chi connectivity index (χ3v) is 5.91. The predicted octanol–water partition coefficient (Wildman–Crippen LogP) is 5.32. The van der Waals surface area contributed by atoms with E-state index in [9.17, 15) is 0 Å². The van der Waals surface area contributed by atoms with Crippen LogP contribution >= 0.6 is 11.6 Å². The van der Waals surface area contributed by atoms with Gasteiger partial charge >= 0.3 is 0 Å². The molecule has 0 aliphatic carbocycles. The molecule has 1 aromatic rings. The van der Waals surface area contributed by atoms with Crippen molar-refractivity contribution >= 4 is 11.6 Å². The van der Waals surface area contributed by atoms with Crippen molar-refractivity contribution in [2.75, 3.05) is 6.61 Å². The van der Waals surface area contributed by atoms with Gasteiger partial charge in [-0.1, -0.05) is 6.92 Å². The fraction of sp³-hybridized carbons (Fsp3) is 0.667. The molecule has 1 nitrogen and oxygen atoms in total. The minimum Gasteiger partial charge on any atom is -0.378 e. The first-order chi connectivity index (χ1) is 9.40. The Morgan fingerprint density at radius 1 is 1.00 bits per heavy atom. The van der Waals surface area contributed by atoms with Crippen molar-refractivity contribution in [1.29, 1.82) is 0 Å². The van der Waals surface area contributed by atoms with Crippen LogP contribution in [0.3, 0.4) is 0 Å². The van der Waals surface area contributed by atoms with Crippen LogP contribution in [0.1, 0.15) is 58.5 Å². The maximum absolute atomic E-state index is 6.91. The van der Waals surface area contributed by atoms with Crippen molar-refractivity contribution in [3.8, 4) is 0 Å². The van der Waals surface area contributed by atoms with E-state index >= 15 is 0 Å². The molecule has 1 saturated heterocycles. The van der Waals surface area contributed by atoms with Crippen molar-refractivity contribution in [3.63, 3.8) is 0 Å². The summed E-state index contributed by atoms with van der Waals surface area (Å²) in [6.45, 7) is 14.1. The monoisotopic (exact) mass is 294 g/mol. The molecule has 1 aromatic carbocycles. The summed E-state index contributed by atoms with van der Waals surface area (Å²) in [4.78, 5) is 0. The van der Waals surface area contributed by atoms with E-state index < -0.39 is 0 Å². The molecule has 0 spiro atoms. The molecule has 0 radical (unpaired) electrons. The smallest absolute Gasteiger partial charge is 0.0644 e. The molecule has 1 aliphatic rings. The summed E-state index contributed by atoms with van der Waals surface area (Å²) in [6.07, 6.45) is 2.45. The second kappa shape index (κ2) is 6.07. The van der Waals surface area contributed by atoms with Crippen LogP contribution in [-0.2, 0) is 4.74 Å². The minimum absolute atomic E-state index is 0.0699. The Balaban J connectivity index is 2.47. The molecule has 0 saturated carbocycles. The zero-order chi connectivity index (χ0) is 15.0. The molecule has 3 unspecified atom stereocenters. The number of rotatable bonds is 3. The van der Waals surface area contributed by atoms with Gasteiger partial charge in [0.25, 0.3) is 0 Å². The van der Waals surface area contributed by atoms with E-state index in [0.717, 1.165) is 19.4 Å². The summed E-state index contributed by atoms with van der Waals surface area (Å²) < 4.78 is 5.84. The van der Waals surface area contributed by atoms with Gasteiger partial charge in [0.05, 0.1) is 11.5 Å². The van der Waals surface area contributed by atoms with E-state index in [1.807, 2.05) is 0 Å². The van der Waals surface area contributed by atoms with Gasteiger partial charge in [-0.15, -0.1) is 11.6 Å². The first-order valence-electron chi connectivity index (χ1n) is 7.72. The molecule has 2 heteroatoms. The molecule has 1 heterocycles. The summed E-state index contributed by atoms with van der Waals surface area (Å²) in [5.74, 6) is 0.445. The largest absolute Gasteiger partial charge is 0.378 e. The molecule has 0 bridgehead atoms. The van der Waals surface area contributed by atoms with E-state index in [1.54, 1.807) is 0 Å². The van der Waals surface area contributed by atoms with Crippen molar-refractivity contribution < 1.29 is 4.74 Å². The van der Waals surface area contributed by atoms with E-state index in [4.69, 9.17) is 16.3 Å². The molecule has 0 N–H and O–H groups in total. The van der Waals surface area contributed by atoms with Gasteiger partial charge in [-0.3, -0.25) is 0 Å². The van der Waals surface area contributed by atoms with Crippen molar-refractivity contribution in [1.82, 2.24) is 0 Å². The fourth-order valence-electron chi connectivity index (χ4n) is 3.58. The van der Waals surface area contributed by atoms with Gasteiger partial charge < -0.3 is 4.74 Å². The highest BCUT2D eigenvalue weighted by atomic mass is 35.5. The summed E-state index contributed by atoms with van der Waals surface area (Å²) >= 11 is 6.91. The third-order valence-electron chi connectivity index (χ3n) is 5.37. The lowest BCUT2D eigenvalue weighted by Crippen LogP contribution is -2.21. The number of halogens is 1. The average Bonchev–Trinajstić information content (AvgIpc) is 2.91. The Bertz CT molecular complexity index is 478. The Hall–Kier alpha value is -0.530. The second-order valence-corrected chi connectivity index (χ2v) is 6.68. The van der Waals surface area contributed by atoms with Crippen LogP contribution in [0.25, 0.3) is 0 Å². The molecule has 20 heavy (non-hydrogen) atoms. The maximum Gasteiger partial charge on any atom is 0.0644 e. The number of ether oxygens (including phenoxy) is 1. The average molecular weight is 295 g/mol. The lowest BCUT2D eigenvalue weighted by molar-refractivity contribution is 0.0864. The van der Waals surface area contributed by atoms with E-state index in [-0.39, 0.29) is 5.38 Å². The van der Waals surface area contributed by atoms with Crippen LogP contribution in [0.5, 0.6) is 0 Å². The van der Waals surface area contributed by atoms with Crippen LogP contribution < -0.4 is 0 Å². The van der Waals surface area contributed by atoms with Crippen LogP contribution in [0, 0.1) is 40.5 Å². The summed E-state index contributed by atoms with van der Waals surface area (Å²) in [5, 5.41) is 0.0699. The lowest BCUT2D eigenvalue weighted by atomic mass is 9.82. The number of hydrogen-bond donors (Lipinski definition) is 0. The highest BCUT2D eigenvalue weighted by Crippen LogP contribution is 2.43. The number of alkyl halides is 1. The zero-order valence-electron chi connectivity index (χ0n) is 13.6. The van der Waals surface area contributed by atoms with Gasteiger partial charge in [0, 0.05) is 12.5 Å². The Kier molecular flexibility index (Phi) is 4.81. The van der Waals surface area contributed by atoms with Gasteiger partial charge in [-0.2, -0.15) is 0 Å². The first kappa shape index (κ1) is 15.9. The van der Waals surface area contributed by atoms with Crippen LogP contribution in [0.4, 0.5) is 0 Å². The van der Waals surface area contributed by atoms with Crippen LogP contribution in [0.2, 0.25) is 0 Å². The SMILES string of the molecule is CCC1OCCC1C(Cl)c1c(C)c(C)c(C)c(C)c1C. The van der Waals surface area contributed by atoms with Crippen molar-refractivity contribution in [2.45, 2.75) is 65.9 Å². The highest BCUT2D eigenvalue weighted by molar-refractivity contribution is 6.21. The Labute approximate surface area is 128 Å². The molecule has 112 valence electrons. The summed E-state index contributed by atoms with van der Waals surface area (Å²) in [5.41, 5.74) is 8.27. The molecule has 1 aliphatic heterocycles. The van der Waals surface area contributed by atoms with Gasteiger partial charge in [0.2, 0.25) is 0 Å². The standard InChI is InChI=1S/C18H27ClO/c1-7-16-15(8-9-20-16)18(19)17-13(5)11(3)10(2)12(4)14(17)6/h15-16,18H,7-9H2,1-6H3. The van der Waals surface area contributed by atoms with E-state index in [0.29, 0.717) is 12.0 Å². The normalized spacial score (nSPS) is 24.1. The third kappa shape index (κ3) is 2.51. The Morgan fingerprint density at radius 2 is 1.50 bits per heavy atom. The van der Waals surface area contributed by atoms with Crippen LogP contribution in [-0.4, -0.2) is 12.7 Å². The van der Waals surface area contributed by atoms with Gasteiger partial charge in [-0.05, 0) is 80.8 Å². The quantitative estimate of drug-likeness (QED) is 0.685.